The van der Waals surface area contributed by atoms with Crippen molar-refractivity contribution in [2.24, 2.45) is 5.41 Å². The maximum Gasteiger partial charge on any atom is 0.312 e. The minimum atomic E-state index is -1.56. The van der Waals surface area contributed by atoms with E-state index in [0.717, 1.165) is 12.1 Å². The summed E-state index contributed by atoms with van der Waals surface area (Å²) < 4.78 is 49.6. The number of aromatic nitrogens is 1. The van der Waals surface area contributed by atoms with Gasteiger partial charge in [-0.15, -0.1) is 0 Å². The number of carboxylic acids is 1. The van der Waals surface area contributed by atoms with Crippen LogP contribution >= 0.6 is 0 Å². The molecule has 8 heteroatoms. The quantitative estimate of drug-likeness (QED) is 0.598. The molecule has 0 bridgehead atoms. The SMILES string of the molecule is CC1(C)CO[C@]2(C[C@@](CF)(C(=O)O)C2)c2c1n(-c1ccc(F)c(F)c1)c1cccc(O)c12. The van der Waals surface area contributed by atoms with Gasteiger partial charge in [0, 0.05) is 33.8 Å². The summed E-state index contributed by atoms with van der Waals surface area (Å²) in [7, 11) is 0. The Bertz CT molecular complexity index is 1270. The fourth-order valence-electron chi connectivity index (χ4n) is 5.38. The summed E-state index contributed by atoms with van der Waals surface area (Å²) in [4.78, 5) is 11.8. The molecule has 168 valence electrons. The molecule has 1 aliphatic carbocycles. The van der Waals surface area contributed by atoms with E-state index >= 15 is 0 Å². The van der Waals surface area contributed by atoms with Crippen LogP contribution in [-0.2, 0) is 20.5 Å². The third kappa shape index (κ3) is 2.59. The van der Waals surface area contributed by atoms with Crippen molar-refractivity contribution < 1.29 is 32.9 Å². The molecule has 0 saturated heterocycles. The zero-order valence-corrected chi connectivity index (χ0v) is 17.6. The van der Waals surface area contributed by atoms with Gasteiger partial charge in [0.05, 0.1) is 17.7 Å². The minimum Gasteiger partial charge on any atom is -0.507 e. The van der Waals surface area contributed by atoms with E-state index in [-0.39, 0.29) is 25.2 Å². The molecule has 1 saturated carbocycles. The Balaban J connectivity index is 1.85. The summed E-state index contributed by atoms with van der Waals surface area (Å²) in [6.45, 7) is 3.02. The lowest BCUT2D eigenvalue weighted by atomic mass is 9.55. The molecule has 0 unspecified atom stereocenters. The fourth-order valence-corrected chi connectivity index (χ4v) is 5.38. The minimum absolute atomic E-state index is 0.0474. The lowest BCUT2D eigenvalue weighted by Gasteiger charge is -2.56. The number of phenolic OH excluding ortho intramolecular Hbond substituents is 1. The van der Waals surface area contributed by atoms with Crippen LogP contribution in [0.5, 0.6) is 5.75 Å². The first-order chi connectivity index (χ1) is 15.1. The van der Waals surface area contributed by atoms with Crippen molar-refractivity contribution in [3.8, 4) is 11.4 Å². The molecule has 1 fully saturated rings. The molecule has 0 atom stereocenters. The fraction of sp³-hybridized carbons (Fsp3) is 0.375. The van der Waals surface area contributed by atoms with Gasteiger partial charge < -0.3 is 19.5 Å². The van der Waals surface area contributed by atoms with Crippen LogP contribution in [0.15, 0.2) is 36.4 Å². The Morgan fingerprint density at radius 3 is 2.50 bits per heavy atom. The van der Waals surface area contributed by atoms with Gasteiger partial charge >= 0.3 is 5.97 Å². The molecule has 2 N–H and O–H groups in total. The number of aromatic hydroxyl groups is 1. The number of hydrogen-bond acceptors (Lipinski definition) is 3. The standard InChI is InChI=1S/C24H22F3NO4/c1-22(2)12-32-24(9-23(10-24,11-25)21(30)31)19-18-16(4-3-5-17(18)29)28(20(19)22)13-6-7-14(26)15(27)8-13/h3-8,29H,9-12H2,1-2H3,(H,30,31)/t23-,24+. The Hall–Kier alpha value is -3.00. The summed E-state index contributed by atoms with van der Waals surface area (Å²) in [6, 6.07) is 8.47. The van der Waals surface area contributed by atoms with Crippen LogP contribution in [-0.4, -0.2) is 34.0 Å². The van der Waals surface area contributed by atoms with Gasteiger partial charge in [0.25, 0.3) is 0 Å². The van der Waals surface area contributed by atoms with Gasteiger partial charge in [0.1, 0.15) is 17.8 Å². The molecule has 2 aromatic carbocycles. The van der Waals surface area contributed by atoms with E-state index in [9.17, 15) is 28.2 Å². The molecule has 0 radical (unpaired) electrons. The number of ether oxygens (including phenoxy) is 1. The van der Waals surface area contributed by atoms with Crippen LogP contribution in [0.3, 0.4) is 0 Å². The molecule has 5 nitrogen and oxygen atoms in total. The number of benzene rings is 2. The van der Waals surface area contributed by atoms with Gasteiger partial charge in [-0.3, -0.25) is 4.79 Å². The first-order valence-electron chi connectivity index (χ1n) is 10.3. The summed E-state index contributed by atoms with van der Waals surface area (Å²) in [5.41, 5.74) is -1.09. The molecule has 32 heavy (non-hydrogen) atoms. The summed E-state index contributed by atoms with van der Waals surface area (Å²) >= 11 is 0. The Morgan fingerprint density at radius 1 is 1.16 bits per heavy atom. The number of carboxylic acid groups (broad SMARTS) is 1. The molecule has 2 heterocycles. The number of fused-ring (bicyclic) bond motifs is 4. The summed E-state index contributed by atoms with van der Waals surface area (Å²) in [5.74, 6) is -3.26. The van der Waals surface area contributed by atoms with Crippen LogP contribution in [0.4, 0.5) is 13.2 Å². The van der Waals surface area contributed by atoms with Gasteiger partial charge in [-0.05, 0) is 37.1 Å². The van der Waals surface area contributed by atoms with Crippen LogP contribution in [0.25, 0.3) is 16.6 Å². The second kappa shape index (κ2) is 6.51. The van der Waals surface area contributed by atoms with Crippen molar-refractivity contribution >= 4 is 16.9 Å². The highest BCUT2D eigenvalue weighted by Crippen LogP contribution is 2.63. The molecule has 5 rings (SSSR count). The monoisotopic (exact) mass is 445 g/mol. The summed E-state index contributed by atoms with van der Waals surface area (Å²) in [6.07, 6.45) is -0.166. The topological polar surface area (TPSA) is 71.7 Å². The molecule has 2 aliphatic rings. The first-order valence-corrected chi connectivity index (χ1v) is 10.3. The largest absolute Gasteiger partial charge is 0.507 e. The van der Waals surface area contributed by atoms with Crippen LogP contribution in [0, 0.1) is 17.0 Å². The number of phenols is 1. The van der Waals surface area contributed by atoms with E-state index in [1.54, 1.807) is 16.7 Å². The summed E-state index contributed by atoms with van der Waals surface area (Å²) in [5, 5.41) is 20.9. The maximum atomic E-state index is 14.2. The van der Waals surface area contributed by atoms with Crippen molar-refractivity contribution in [1.29, 1.82) is 0 Å². The Labute approximate surface area is 182 Å². The molecular formula is C24H22F3NO4. The second-order valence-corrected chi connectivity index (χ2v) is 9.57. The molecule has 1 aliphatic heterocycles. The van der Waals surface area contributed by atoms with E-state index in [4.69, 9.17) is 4.74 Å². The van der Waals surface area contributed by atoms with E-state index < -0.39 is 40.7 Å². The van der Waals surface area contributed by atoms with E-state index in [0.29, 0.717) is 27.8 Å². The number of carbonyl (C=O) groups is 1. The van der Waals surface area contributed by atoms with Gasteiger partial charge in [-0.1, -0.05) is 19.9 Å². The number of aliphatic carboxylic acids is 1. The van der Waals surface area contributed by atoms with Crippen molar-refractivity contribution in [3.63, 3.8) is 0 Å². The van der Waals surface area contributed by atoms with Gasteiger partial charge in [-0.2, -0.15) is 0 Å². The van der Waals surface area contributed by atoms with E-state index in [1.807, 2.05) is 13.8 Å². The number of rotatable bonds is 3. The lowest BCUT2D eigenvalue weighted by molar-refractivity contribution is -0.213. The predicted molar refractivity (Wildman–Crippen MR) is 111 cm³/mol. The van der Waals surface area contributed by atoms with Gasteiger partial charge in [0.15, 0.2) is 11.6 Å². The predicted octanol–water partition coefficient (Wildman–Crippen LogP) is 4.95. The highest BCUT2D eigenvalue weighted by atomic mass is 19.2. The highest BCUT2D eigenvalue weighted by Gasteiger charge is 2.65. The third-order valence-corrected chi connectivity index (χ3v) is 6.90. The Kier molecular flexibility index (Phi) is 4.25. The molecular weight excluding hydrogens is 423 g/mol. The van der Waals surface area contributed by atoms with E-state index in [2.05, 4.69) is 0 Å². The van der Waals surface area contributed by atoms with Crippen molar-refractivity contribution in [1.82, 2.24) is 4.57 Å². The normalized spacial score (nSPS) is 26.2. The molecule has 0 amide bonds. The number of halogens is 3. The number of hydrogen-bond donors (Lipinski definition) is 2. The van der Waals surface area contributed by atoms with Gasteiger partial charge in [0.2, 0.25) is 0 Å². The zero-order chi connectivity index (χ0) is 23.1. The average molecular weight is 445 g/mol. The molecule has 1 aromatic heterocycles. The third-order valence-electron chi connectivity index (χ3n) is 6.90. The molecule has 1 spiro atoms. The smallest absolute Gasteiger partial charge is 0.312 e. The second-order valence-electron chi connectivity index (χ2n) is 9.57. The number of nitrogens with zero attached hydrogens (tertiary/aromatic N) is 1. The Morgan fingerprint density at radius 2 is 1.88 bits per heavy atom. The van der Waals surface area contributed by atoms with Crippen LogP contribution in [0.2, 0.25) is 0 Å². The van der Waals surface area contributed by atoms with Crippen molar-refractivity contribution in [2.75, 3.05) is 13.3 Å². The van der Waals surface area contributed by atoms with Gasteiger partial charge in [-0.25, -0.2) is 13.2 Å². The van der Waals surface area contributed by atoms with Crippen molar-refractivity contribution in [2.45, 2.75) is 37.7 Å². The number of alkyl halides is 1. The zero-order valence-electron chi connectivity index (χ0n) is 17.6. The maximum absolute atomic E-state index is 14.2. The lowest BCUT2D eigenvalue weighted by Crippen LogP contribution is -2.59. The highest BCUT2D eigenvalue weighted by molar-refractivity contribution is 5.94. The first kappa shape index (κ1) is 20.9. The molecule has 3 aromatic rings. The van der Waals surface area contributed by atoms with Crippen LogP contribution in [0.1, 0.15) is 37.9 Å². The van der Waals surface area contributed by atoms with Crippen LogP contribution < -0.4 is 0 Å². The van der Waals surface area contributed by atoms with E-state index in [1.165, 1.54) is 12.1 Å². The van der Waals surface area contributed by atoms with Crippen molar-refractivity contribution in [3.05, 3.63) is 59.3 Å². The average Bonchev–Trinajstić information content (AvgIpc) is 3.07.